The van der Waals surface area contributed by atoms with Gasteiger partial charge in [0.1, 0.15) is 0 Å². The standard InChI is InChI=1S/C11H30N2O2Si3/c1-12-16(13-10-8-7-9-11-13)14-18(5,6)15-17(2,3)4/h12,16H,7-11H2,1-6H3. The highest BCUT2D eigenvalue weighted by Gasteiger charge is 2.36. The molecule has 1 rings (SSSR count). The molecule has 1 aliphatic heterocycles. The van der Waals surface area contributed by atoms with Crippen LogP contribution in [0.2, 0.25) is 32.7 Å². The number of hydrogen-bond donors (Lipinski definition) is 1. The molecule has 1 atom stereocenters. The van der Waals surface area contributed by atoms with Gasteiger partial charge in [-0.15, -0.1) is 0 Å². The van der Waals surface area contributed by atoms with Crippen LogP contribution < -0.4 is 4.98 Å². The SMILES string of the molecule is CN[SiH](O[Si](C)(C)O[Si](C)(C)C)N1CCCCC1. The number of rotatable bonds is 6. The van der Waals surface area contributed by atoms with Gasteiger partial charge in [-0.25, -0.2) is 0 Å². The zero-order valence-corrected chi connectivity index (χ0v) is 16.0. The van der Waals surface area contributed by atoms with E-state index in [1.807, 2.05) is 7.05 Å². The molecule has 7 heteroatoms. The molecule has 0 aromatic heterocycles. The minimum absolute atomic E-state index is 1.19. The molecule has 1 heterocycles. The molecule has 0 amide bonds. The Bertz CT molecular complexity index is 253. The topological polar surface area (TPSA) is 33.7 Å². The van der Waals surface area contributed by atoms with Crippen molar-refractivity contribution in [3.8, 4) is 0 Å². The summed E-state index contributed by atoms with van der Waals surface area (Å²) in [5, 5.41) is 0. The van der Waals surface area contributed by atoms with E-state index >= 15 is 0 Å². The molecule has 18 heavy (non-hydrogen) atoms. The van der Waals surface area contributed by atoms with Crippen molar-refractivity contribution < 1.29 is 8.23 Å². The highest BCUT2D eigenvalue weighted by Crippen LogP contribution is 2.18. The van der Waals surface area contributed by atoms with E-state index in [0.717, 1.165) is 0 Å². The van der Waals surface area contributed by atoms with E-state index in [2.05, 4.69) is 42.3 Å². The average Bonchev–Trinajstić information content (AvgIpc) is 2.24. The summed E-state index contributed by atoms with van der Waals surface area (Å²) in [6.07, 6.45) is 3.99. The van der Waals surface area contributed by atoms with E-state index in [4.69, 9.17) is 8.23 Å². The Labute approximate surface area is 116 Å². The van der Waals surface area contributed by atoms with Gasteiger partial charge < -0.3 is 13.2 Å². The number of nitrogens with one attached hydrogen (secondary N) is 1. The van der Waals surface area contributed by atoms with Crippen molar-refractivity contribution in [1.29, 1.82) is 0 Å². The minimum atomic E-state index is -1.99. The van der Waals surface area contributed by atoms with Gasteiger partial charge in [-0.1, -0.05) is 6.42 Å². The van der Waals surface area contributed by atoms with Gasteiger partial charge in [0, 0.05) is 0 Å². The fourth-order valence-electron chi connectivity index (χ4n) is 2.50. The highest BCUT2D eigenvalue weighted by molar-refractivity contribution is 6.83. The van der Waals surface area contributed by atoms with Crippen molar-refractivity contribution in [1.82, 2.24) is 9.55 Å². The largest absolute Gasteiger partial charge is 0.437 e. The van der Waals surface area contributed by atoms with Gasteiger partial charge in [0.25, 0.3) is 0 Å². The number of hydrogen-bond acceptors (Lipinski definition) is 4. The maximum atomic E-state index is 6.41. The normalized spacial score (nSPS) is 21.0. The third kappa shape index (κ3) is 6.09. The monoisotopic (exact) mass is 306 g/mol. The lowest BCUT2D eigenvalue weighted by molar-refractivity contribution is 0.285. The molecule has 1 N–H and O–H groups in total. The van der Waals surface area contributed by atoms with Crippen LogP contribution in [0.15, 0.2) is 0 Å². The molecule has 1 saturated heterocycles. The second-order valence-corrected chi connectivity index (χ2v) is 17.3. The van der Waals surface area contributed by atoms with Crippen molar-refractivity contribution in [3.05, 3.63) is 0 Å². The molecule has 1 unspecified atom stereocenters. The second kappa shape index (κ2) is 6.78. The van der Waals surface area contributed by atoms with Gasteiger partial charge in [0.05, 0.1) is 0 Å². The average molecular weight is 307 g/mol. The van der Waals surface area contributed by atoms with Crippen LogP contribution >= 0.6 is 0 Å². The highest BCUT2D eigenvalue weighted by atomic mass is 28.5. The first-order chi connectivity index (χ1) is 8.23. The molecule has 1 fully saturated rings. The van der Waals surface area contributed by atoms with Crippen LogP contribution in [0.25, 0.3) is 0 Å². The first kappa shape index (κ1) is 16.5. The van der Waals surface area contributed by atoms with Crippen LogP contribution in [0.5, 0.6) is 0 Å². The summed E-state index contributed by atoms with van der Waals surface area (Å²) in [6.45, 7) is 13.5. The van der Waals surface area contributed by atoms with Crippen molar-refractivity contribution in [2.24, 2.45) is 0 Å². The Morgan fingerprint density at radius 3 is 2.00 bits per heavy atom. The molecule has 0 radical (unpaired) electrons. The fraction of sp³-hybridized carbons (Fsp3) is 1.00. The van der Waals surface area contributed by atoms with E-state index in [-0.39, 0.29) is 0 Å². The Morgan fingerprint density at radius 1 is 1.00 bits per heavy atom. The molecular formula is C11H30N2O2Si3. The van der Waals surface area contributed by atoms with Crippen LogP contribution in [-0.2, 0) is 8.23 Å². The summed E-state index contributed by atoms with van der Waals surface area (Å²) in [5.74, 6) is 0. The fourth-order valence-corrected chi connectivity index (χ4v) is 13.4. The first-order valence-corrected chi connectivity index (χ1v) is 14.8. The van der Waals surface area contributed by atoms with Crippen molar-refractivity contribution in [2.75, 3.05) is 20.1 Å². The van der Waals surface area contributed by atoms with E-state index in [0.29, 0.717) is 0 Å². The number of piperidine rings is 1. The molecule has 0 aliphatic carbocycles. The Kier molecular flexibility index (Phi) is 6.23. The van der Waals surface area contributed by atoms with Gasteiger partial charge in [0.15, 0.2) is 8.32 Å². The zero-order valence-electron chi connectivity index (χ0n) is 12.9. The summed E-state index contributed by atoms with van der Waals surface area (Å²) in [7, 11) is -2.93. The predicted molar refractivity (Wildman–Crippen MR) is 84.6 cm³/mol. The summed E-state index contributed by atoms with van der Waals surface area (Å²) < 4.78 is 15.2. The lowest BCUT2D eigenvalue weighted by Gasteiger charge is -2.39. The Morgan fingerprint density at radius 2 is 1.56 bits per heavy atom. The third-order valence-electron chi connectivity index (χ3n) is 2.92. The first-order valence-electron chi connectivity index (χ1n) is 7.03. The molecule has 0 bridgehead atoms. The maximum Gasteiger partial charge on any atom is 0.328 e. The maximum absolute atomic E-state index is 6.41. The van der Waals surface area contributed by atoms with Gasteiger partial charge in [0.2, 0.25) is 0 Å². The molecule has 0 saturated carbocycles. The van der Waals surface area contributed by atoms with Crippen LogP contribution in [0.1, 0.15) is 19.3 Å². The molecule has 0 aromatic rings. The van der Waals surface area contributed by atoms with E-state index in [1.165, 1.54) is 32.4 Å². The summed E-state index contributed by atoms with van der Waals surface area (Å²) in [4.78, 5) is 3.43. The van der Waals surface area contributed by atoms with E-state index in [1.54, 1.807) is 0 Å². The second-order valence-electron chi connectivity index (χ2n) is 6.47. The van der Waals surface area contributed by atoms with Crippen molar-refractivity contribution >= 4 is 26.2 Å². The van der Waals surface area contributed by atoms with Gasteiger partial charge >= 0.3 is 17.9 Å². The third-order valence-corrected chi connectivity index (χ3v) is 12.2. The molecule has 1 aliphatic rings. The van der Waals surface area contributed by atoms with Crippen LogP contribution in [0.4, 0.5) is 0 Å². The lowest BCUT2D eigenvalue weighted by atomic mass is 10.2. The van der Waals surface area contributed by atoms with Crippen molar-refractivity contribution in [2.45, 2.75) is 52.0 Å². The molecule has 108 valence electrons. The molecule has 4 nitrogen and oxygen atoms in total. The zero-order chi connectivity index (χ0) is 13.8. The Balaban J connectivity index is 2.55. The predicted octanol–water partition coefficient (Wildman–Crippen LogP) is 1.98. The van der Waals surface area contributed by atoms with Crippen molar-refractivity contribution in [3.63, 3.8) is 0 Å². The summed E-state index contributed by atoms with van der Waals surface area (Å²) in [5.41, 5.74) is 0. The quantitative estimate of drug-likeness (QED) is 0.761. The van der Waals surface area contributed by atoms with Crippen LogP contribution in [0.3, 0.4) is 0 Å². The minimum Gasteiger partial charge on any atom is -0.437 e. The van der Waals surface area contributed by atoms with Gasteiger partial charge in [-0.3, -0.25) is 4.57 Å². The summed E-state index contributed by atoms with van der Waals surface area (Å²) in [6, 6.07) is 0. The van der Waals surface area contributed by atoms with Crippen LogP contribution in [0, 0.1) is 0 Å². The van der Waals surface area contributed by atoms with Gasteiger partial charge in [-0.05, 0) is 65.7 Å². The Hall–Kier alpha value is 0.491. The molecule has 0 spiro atoms. The van der Waals surface area contributed by atoms with Crippen LogP contribution in [-0.4, -0.2) is 50.9 Å². The summed E-state index contributed by atoms with van der Waals surface area (Å²) >= 11 is 0. The van der Waals surface area contributed by atoms with Gasteiger partial charge in [-0.2, -0.15) is 0 Å². The van der Waals surface area contributed by atoms with E-state index < -0.39 is 26.2 Å². The molecule has 0 aromatic carbocycles. The molecular weight excluding hydrogens is 276 g/mol. The van der Waals surface area contributed by atoms with E-state index in [9.17, 15) is 0 Å². The number of nitrogens with zero attached hydrogens (tertiary/aromatic N) is 1. The smallest absolute Gasteiger partial charge is 0.328 e. The lowest BCUT2D eigenvalue weighted by Crippen LogP contribution is -2.59.